The van der Waals surface area contributed by atoms with E-state index in [4.69, 9.17) is 10.5 Å². The van der Waals surface area contributed by atoms with Gasteiger partial charge in [0.15, 0.2) is 0 Å². The highest BCUT2D eigenvalue weighted by atomic mass is 32.1. The molecule has 2 rings (SSSR count). The van der Waals surface area contributed by atoms with Crippen LogP contribution in [0, 0.1) is 0 Å². The third-order valence-electron chi connectivity index (χ3n) is 2.03. The molecule has 16 heavy (non-hydrogen) atoms. The first-order valence-corrected chi connectivity index (χ1v) is 5.94. The Labute approximate surface area is 98.1 Å². The lowest BCUT2D eigenvalue weighted by atomic mass is 10.4. The van der Waals surface area contributed by atoms with Crippen molar-refractivity contribution in [2.45, 2.75) is 20.0 Å². The molecule has 0 spiro atoms. The number of aryl methyl sites for hydroxylation is 1. The minimum Gasteiger partial charge on any atom is -0.472 e. The summed E-state index contributed by atoms with van der Waals surface area (Å²) in [6.45, 7) is 2.51. The van der Waals surface area contributed by atoms with Crippen molar-refractivity contribution in [3.8, 4) is 5.88 Å². The lowest BCUT2D eigenvalue weighted by molar-refractivity contribution is 0.296. The summed E-state index contributed by atoms with van der Waals surface area (Å²) >= 11 is 1.66. The molecule has 5 heteroatoms. The van der Waals surface area contributed by atoms with E-state index < -0.39 is 0 Å². The van der Waals surface area contributed by atoms with Crippen LogP contribution in [0.3, 0.4) is 0 Å². The van der Waals surface area contributed by atoms with Crippen molar-refractivity contribution in [3.63, 3.8) is 0 Å². The van der Waals surface area contributed by atoms with Crippen molar-refractivity contribution in [1.29, 1.82) is 0 Å². The van der Waals surface area contributed by atoms with E-state index in [-0.39, 0.29) is 0 Å². The molecular formula is C11H13N3OS. The molecule has 0 bridgehead atoms. The molecule has 0 saturated carbocycles. The molecule has 2 N–H and O–H groups in total. The van der Waals surface area contributed by atoms with Crippen LogP contribution in [0.5, 0.6) is 5.88 Å². The zero-order valence-electron chi connectivity index (χ0n) is 9.01. The quantitative estimate of drug-likeness (QED) is 0.883. The first-order valence-electron chi connectivity index (χ1n) is 5.06. The van der Waals surface area contributed by atoms with Crippen molar-refractivity contribution in [1.82, 2.24) is 9.97 Å². The third kappa shape index (κ3) is 2.70. The summed E-state index contributed by atoms with van der Waals surface area (Å²) in [6, 6.07) is 5.66. The summed E-state index contributed by atoms with van der Waals surface area (Å²) in [5.41, 5.74) is 5.66. The van der Waals surface area contributed by atoms with Gasteiger partial charge in [-0.25, -0.2) is 4.98 Å². The Morgan fingerprint density at radius 1 is 1.44 bits per heavy atom. The maximum absolute atomic E-state index is 5.66. The standard InChI is InChI=1S/C11H13N3OS/c1-2-10-13-9(12)6-11(14-10)15-7-8-4-3-5-16-8/h3-6H,2,7H2,1H3,(H2,12,13,14). The van der Waals surface area contributed by atoms with Gasteiger partial charge in [-0.1, -0.05) is 13.0 Å². The van der Waals surface area contributed by atoms with E-state index in [0.717, 1.165) is 11.3 Å². The van der Waals surface area contributed by atoms with Gasteiger partial charge in [0, 0.05) is 17.4 Å². The molecule has 0 unspecified atom stereocenters. The van der Waals surface area contributed by atoms with Gasteiger partial charge in [-0.2, -0.15) is 4.98 Å². The van der Waals surface area contributed by atoms with Crippen molar-refractivity contribution >= 4 is 17.2 Å². The van der Waals surface area contributed by atoms with Gasteiger partial charge in [0.1, 0.15) is 18.2 Å². The second kappa shape index (κ2) is 4.94. The van der Waals surface area contributed by atoms with Gasteiger partial charge >= 0.3 is 0 Å². The second-order valence-electron chi connectivity index (χ2n) is 3.27. The number of hydrogen-bond donors (Lipinski definition) is 1. The molecule has 0 aliphatic rings. The van der Waals surface area contributed by atoms with E-state index in [2.05, 4.69) is 9.97 Å². The summed E-state index contributed by atoms with van der Waals surface area (Å²) in [5, 5.41) is 2.02. The zero-order valence-corrected chi connectivity index (χ0v) is 9.83. The highest BCUT2D eigenvalue weighted by Crippen LogP contribution is 2.15. The van der Waals surface area contributed by atoms with Gasteiger partial charge < -0.3 is 10.5 Å². The van der Waals surface area contributed by atoms with Crippen LogP contribution in [0.25, 0.3) is 0 Å². The normalized spacial score (nSPS) is 10.3. The molecule has 0 radical (unpaired) electrons. The van der Waals surface area contributed by atoms with E-state index in [1.54, 1.807) is 17.4 Å². The fourth-order valence-corrected chi connectivity index (χ4v) is 1.88. The number of anilines is 1. The molecule has 84 valence electrons. The van der Waals surface area contributed by atoms with E-state index in [0.29, 0.717) is 24.1 Å². The topological polar surface area (TPSA) is 61.0 Å². The van der Waals surface area contributed by atoms with Crippen molar-refractivity contribution in [2.24, 2.45) is 0 Å². The Hall–Kier alpha value is -1.62. The Morgan fingerprint density at radius 3 is 3.00 bits per heavy atom. The molecule has 4 nitrogen and oxygen atoms in total. The Kier molecular flexibility index (Phi) is 3.36. The number of hydrogen-bond acceptors (Lipinski definition) is 5. The molecule has 0 aliphatic heterocycles. The number of thiophene rings is 1. The number of rotatable bonds is 4. The number of aromatic nitrogens is 2. The van der Waals surface area contributed by atoms with Gasteiger partial charge in [-0.15, -0.1) is 11.3 Å². The summed E-state index contributed by atoms with van der Waals surface area (Å²) < 4.78 is 5.55. The van der Waals surface area contributed by atoms with Crippen molar-refractivity contribution < 1.29 is 4.74 Å². The van der Waals surface area contributed by atoms with E-state index >= 15 is 0 Å². The van der Waals surface area contributed by atoms with Gasteiger partial charge in [-0.05, 0) is 11.4 Å². The number of nitrogen functional groups attached to an aromatic ring is 1. The molecule has 0 fully saturated rings. The Balaban J connectivity index is 2.06. The van der Waals surface area contributed by atoms with E-state index in [1.165, 1.54) is 0 Å². The maximum atomic E-state index is 5.66. The van der Waals surface area contributed by atoms with Crippen LogP contribution in [-0.4, -0.2) is 9.97 Å². The fraction of sp³-hybridized carbons (Fsp3) is 0.273. The average molecular weight is 235 g/mol. The molecule has 2 aromatic heterocycles. The van der Waals surface area contributed by atoms with Crippen molar-refractivity contribution in [3.05, 3.63) is 34.3 Å². The monoisotopic (exact) mass is 235 g/mol. The summed E-state index contributed by atoms with van der Waals surface area (Å²) in [6.07, 6.45) is 0.750. The zero-order chi connectivity index (χ0) is 11.4. The molecule has 0 amide bonds. The Morgan fingerprint density at radius 2 is 2.31 bits per heavy atom. The van der Waals surface area contributed by atoms with Gasteiger partial charge in [-0.3, -0.25) is 0 Å². The van der Waals surface area contributed by atoms with Crippen LogP contribution < -0.4 is 10.5 Å². The maximum Gasteiger partial charge on any atom is 0.219 e. The summed E-state index contributed by atoms with van der Waals surface area (Å²) in [5.74, 6) is 1.70. The molecule has 2 aromatic rings. The molecule has 2 heterocycles. The molecular weight excluding hydrogens is 222 g/mol. The molecule has 0 atom stereocenters. The molecule has 0 aliphatic carbocycles. The number of nitrogens with zero attached hydrogens (tertiary/aromatic N) is 2. The first-order chi connectivity index (χ1) is 7.78. The predicted molar refractivity (Wildman–Crippen MR) is 64.5 cm³/mol. The SMILES string of the molecule is CCc1nc(N)cc(OCc2cccs2)n1. The van der Waals surface area contributed by atoms with Crippen LogP contribution in [0.2, 0.25) is 0 Å². The lowest BCUT2D eigenvalue weighted by Crippen LogP contribution is -2.02. The van der Waals surface area contributed by atoms with Crippen LogP contribution in [0.15, 0.2) is 23.6 Å². The highest BCUT2D eigenvalue weighted by molar-refractivity contribution is 7.09. The minimum absolute atomic E-state index is 0.452. The van der Waals surface area contributed by atoms with E-state index in [1.807, 2.05) is 24.4 Å². The predicted octanol–water partition coefficient (Wildman–Crippen LogP) is 2.26. The van der Waals surface area contributed by atoms with Gasteiger partial charge in [0.2, 0.25) is 5.88 Å². The van der Waals surface area contributed by atoms with Gasteiger partial charge in [0.05, 0.1) is 0 Å². The summed E-state index contributed by atoms with van der Waals surface area (Å²) in [4.78, 5) is 9.49. The van der Waals surface area contributed by atoms with E-state index in [9.17, 15) is 0 Å². The molecule has 0 aromatic carbocycles. The lowest BCUT2D eigenvalue weighted by Gasteiger charge is -2.05. The van der Waals surface area contributed by atoms with Crippen molar-refractivity contribution in [2.75, 3.05) is 5.73 Å². The highest BCUT2D eigenvalue weighted by Gasteiger charge is 2.02. The summed E-state index contributed by atoms with van der Waals surface area (Å²) in [7, 11) is 0. The van der Waals surface area contributed by atoms with Gasteiger partial charge in [0.25, 0.3) is 0 Å². The second-order valence-corrected chi connectivity index (χ2v) is 4.30. The Bertz CT molecular complexity index is 456. The minimum atomic E-state index is 0.452. The first kappa shape index (κ1) is 10.9. The fourth-order valence-electron chi connectivity index (χ4n) is 1.26. The van der Waals surface area contributed by atoms with Crippen LogP contribution in [-0.2, 0) is 13.0 Å². The van der Waals surface area contributed by atoms with Crippen LogP contribution in [0.1, 0.15) is 17.6 Å². The number of nitrogens with two attached hydrogens (primary N) is 1. The average Bonchev–Trinajstić information content (AvgIpc) is 2.78. The van der Waals surface area contributed by atoms with Crippen LogP contribution in [0.4, 0.5) is 5.82 Å². The third-order valence-corrected chi connectivity index (χ3v) is 2.88. The largest absolute Gasteiger partial charge is 0.472 e. The molecule has 0 saturated heterocycles. The van der Waals surface area contributed by atoms with Crippen LogP contribution >= 0.6 is 11.3 Å². The smallest absolute Gasteiger partial charge is 0.219 e. The number of ether oxygens (including phenoxy) is 1.